The van der Waals surface area contributed by atoms with E-state index in [0.717, 1.165) is 0 Å². The van der Waals surface area contributed by atoms with Gasteiger partial charge in [-0.15, -0.1) is 0 Å². The van der Waals surface area contributed by atoms with E-state index in [1.807, 2.05) is 0 Å². The van der Waals surface area contributed by atoms with Crippen LogP contribution in [0.2, 0.25) is 0 Å². The van der Waals surface area contributed by atoms with Gasteiger partial charge in [0.05, 0.1) is 32.6 Å². The molecule has 2 amide bonds. The monoisotopic (exact) mass is 321 g/mol. The number of carbonyl (C=O) groups is 1. The zero-order valence-electron chi connectivity index (χ0n) is 12.7. The molecule has 0 aromatic rings. The van der Waals surface area contributed by atoms with Crippen LogP contribution in [0.5, 0.6) is 0 Å². The smallest absolute Gasteiger partial charge is 0.319 e. The third-order valence-electron chi connectivity index (χ3n) is 3.69. The molecule has 2 saturated heterocycles. The Balaban J connectivity index is 2.17. The Morgan fingerprint density at radius 1 is 1.19 bits per heavy atom. The van der Waals surface area contributed by atoms with E-state index in [1.165, 1.54) is 15.5 Å². The van der Waals surface area contributed by atoms with Gasteiger partial charge in [-0.1, -0.05) is 0 Å². The van der Waals surface area contributed by atoms with Crippen LogP contribution in [-0.4, -0.2) is 101 Å². The molecular weight excluding hydrogens is 298 g/mol. The number of carbonyl (C=O) groups excluding carboxylic acids is 1. The Morgan fingerprint density at radius 3 is 2.52 bits per heavy atom. The van der Waals surface area contributed by atoms with Crippen LogP contribution in [0.1, 0.15) is 0 Å². The zero-order valence-corrected chi connectivity index (χ0v) is 13.6. The highest BCUT2D eigenvalue weighted by Gasteiger charge is 2.43. The lowest BCUT2D eigenvalue weighted by Crippen LogP contribution is -2.61. The molecule has 0 aliphatic carbocycles. The first-order valence-electron chi connectivity index (χ1n) is 6.87. The van der Waals surface area contributed by atoms with Crippen LogP contribution in [0.4, 0.5) is 4.79 Å². The van der Waals surface area contributed by atoms with Gasteiger partial charge in [-0.2, -0.15) is 4.31 Å². The average Bonchev–Trinajstić information content (AvgIpc) is 2.60. The van der Waals surface area contributed by atoms with Gasteiger partial charge < -0.3 is 19.3 Å². The van der Waals surface area contributed by atoms with Gasteiger partial charge in [0.2, 0.25) is 10.0 Å². The molecule has 8 nitrogen and oxygen atoms in total. The number of amides is 2. The van der Waals surface area contributed by atoms with Crippen molar-refractivity contribution in [3.8, 4) is 0 Å². The van der Waals surface area contributed by atoms with Crippen molar-refractivity contribution >= 4 is 16.1 Å². The highest BCUT2D eigenvalue weighted by molar-refractivity contribution is 7.88. The Morgan fingerprint density at radius 2 is 1.90 bits per heavy atom. The van der Waals surface area contributed by atoms with Crippen molar-refractivity contribution in [1.82, 2.24) is 14.1 Å². The van der Waals surface area contributed by atoms with Crippen molar-refractivity contribution in [1.29, 1.82) is 0 Å². The summed E-state index contributed by atoms with van der Waals surface area (Å²) in [6, 6.07) is -0.104. The number of rotatable bonds is 1. The first kappa shape index (κ1) is 16.5. The van der Waals surface area contributed by atoms with E-state index in [0.29, 0.717) is 32.8 Å². The molecule has 0 radical (unpaired) electrons. The zero-order chi connectivity index (χ0) is 15.7. The molecule has 1 atom stereocenters. The second-order valence-corrected chi connectivity index (χ2v) is 7.76. The molecule has 0 saturated carbocycles. The summed E-state index contributed by atoms with van der Waals surface area (Å²) >= 11 is 0. The third kappa shape index (κ3) is 3.85. The van der Waals surface area contributed by atoms with E-state index in [9.17, 15) is 13.2 Å². The summed E-state index contributed by atoms with van der Waals surface area (Å²) in [5, 5.41) is 0. The molecule has 2 fully saturated rings. The van der Waals surface area contributed by atoms with Gasteiger partial charge in [0.1, 0.15) is 5.60 Å². The highest BCUT2D eigenvalue weighted by Crippen LogP contribution is 2.24. The van der Waals surface area contributed by atoms with Crippen molar-refractivity contribution in [2.45, 2.75) is 5.60 Å². The molecule has 2 aliphatic rings. The maximum absolute atomic E-state index is 12.1. The largest absolute Gasteiger partial charge is 0.377 e. The second kappa shape index (κ2) is 6.07. The minimum absolute atomic E-state index is 0.104. The Hall–Kier alpha value is -0.900. The number of morpholine rings is 1. The SMILES string of the molecule is CN(C)C(=O)N1CCOC2(COCCN(S(C)(=O)=O)C2)C1. The summed E-state index contributed by atoms with van der Waals surface area (Å²) in [5.41, 5.74) is -0.788. The van der Waals surface area contributed by atoms with Crippen LogP contribution in [0.3, 0.4) is 0 Å². The van der Waals surface area contributed by atoms with E-state index < -0.39 is 15.6 Å². The van der Waals surface area contributed by atoms with Crippen LogP contribution >= 0.6 is 0 Å². The number of urea groups is 1. The number of hydrogen-bond donors (Lipinski definition) is 0. The number of hydrogen-bond acceptors (Lipinski definition) is 5. The molecule has 0 N–H and O–H groups in total. The number of ether oxygens (including phenoxy) is 2. The number of nitrogens with zero attached hydrogens (tertiary/aromatic N) is 3. The van der Waals surface area contributed by atoms with E-state index in [2.05, 4.69) is 0 Å². The van der Waals surface area contributed by atoms with Crippen LogP contribution in [0, 0.1) is 0 Å². The van der Waals surface area contributed by atoms with Gasteiger partial charge in [-0.25, -0.2) is 13.2 Å². The predicted octanol–water partition coefficient (Wildman–Crippen LogP) is -0.969. The van der Waals surface area contributed by atoms with Gasteiger partial charge >= 0.3 is 6.03 Å². The van der Waals surface area contributed by atoms with Gasteiger partial charge in [0.25, 0.3) is 0 Å². The van der Waals surface area contributed by atoms with Gasteiger partial charge in [-0.3, -0.25) is 0 Å². The lowest BCUT2D eigenvalue weighted by Gasteiger charge is -2.43. The maximum Gasteiger partial charge on any atom is 0.319 e. The predicted molar refractivity (Wildman–Crippen MR) is 76.6 cm³/mol. The molecule has 2 aliphatic heterocycles. The summed E-state index contributed by atoms with van der Waals surface area (Å²) in [6.45, 7) is 2.35. The molecule has 122 valence electrons. The van der Waals surface area contributed by atoms with Crippen molar-refractivity contribution in [2.24, 2.45) is 0 Å². The molecule has 0 aromatic carbocycles. The van der Waals surface area contributed by atoms with Gasteiger partial charge in [0.15, 0.2) is 0 Å². The van der Waals surface area contributed by atoms with E-state index in [-0.39, 0.29) is 19.2 Å². The van der Waals surface area contributed by atoms with E-state index in [4.69, 9.17) is 9.47 Å². The van der Waals surface area contributed by atoms with Crippen LogP contribution in [0.15, 0.2) is 0 Å². The summed E-state index contributed by atoms with van der Waals surface area (Å²) in [7, 11) is 0.0635. The fourth-order valence-corrected chi connectivity index (χ4v) is 3.50. The molecule has 1 unspecified atom stereocenters. The lowest BCUT2D eigenvalue weighted by molar-refractivity contribution is -0.129. The Labute approximate surface area is 125 Å². The molecule has 21 heavy (non-hydrogen) atoms. The average molecular weight is 321 g/mol. The summed E-state index contributed by atoms with van der Waals surface area (Å²) < 4.78 is 36.3. The Kier molecular flexibility index (Phi) is 4.76. The lowest BCUT2D eigenvalue weighted by atomic mass is 10.0. The quantitative estimate of drug-likeness (QED) is 0.621. The summed E-state index contributed by atoms with van der Waals surface area (Å²) in [4.78, 5) is 15.3. The van der Waals surface area contributed by atoms with E-state index >= 15 is 0 Å². The highest BCUT2D eigenvalue weighted by atomic mass is 32.2. The van der Waals surface area contributed by atoms with Crippen LogP contribution < -0.4 is 0 Å². The standard InChI is InChI=1S/C12H23N3O5S/c1-13(2)11(16)14-4-7-20-12(8-14)9-15(21(3,17)18)5-6-19-10-12/h4-10H2,1-3H3. The molecular formula is C12H23N3O5S. The van der Waals surface area contributed by atoms with Crippen molar-refractivity contribution < 1.29 is 22.7 Å². The van der Waals surface area contributed by atoms with E-state index in [1.54, 1.807) is 19.0 Å². The van der Waals surface area contributed by atoms with Crippen molar-refractivity contribution in [2.75, 3.05) is 66.4 Å². The van der Waals surface area contributed by atoms with Gasteiger partial charge in [-0.05, 0) is 0 Å². The normalized spacial score (nSPS) is 28.4. The number of sulfonamides is 1. The van der Waals surface area contributed by atoms with Gasteiger partial charge in [0, 0.05) is 33.7 Å². The molecule has 0 aromatic heterocycles. The Bertz CT molecular complexity index is 495. The first-order valence-corrected chi connectivity index (χ1v) is 8.71. The third-order valence-corrected chi connectivity index (χ3v) is 4.93. The topological polar surface area (TPSA) is 79.4 Å². The summed E-state index contributed by atoms with van der Waals surface area (Å²) in [6.07, 6.45) is 1.18. The minimum Gasteiger partial charge on any atom is -0.377 e. The molecule has 2 rings (SSSR count). The minimum atomic E-state index is -3.32. The van der Waals surface area contributed by atoms with Crippen LogP contribution in [0.25, 0.3) is 0 Å². The fraction of sp³-hybridized carbons (Fsp3) is 0.917. The van der Waals surface area contributed by atoms with Crippen molar-refractivity contribution in [3.63, 3.8) is 0 Å². The first-order chi connectivity index (χ1) is 9.73. The second-order valence-electron chi connectivity index (χ2n) is 5.78. The summed E-state index contributed by atoms with van der Waals surface area (Å²) in [5.74, 6) is 0. The molecule has 9 heteroatoms. The van der Waals surface area contributed by atoms with Crippen molar-refractivity contribution in [3.05, 3.63) is 0 Å². The van der Waals surface area contributed by atoms with Crippen LogP contribution in [-0.2, 0) is 19.5 Å². The fourth-order valence-electron chi connectivity index (χ4n) is 2.63. The molecule has 2 heterocycles. The molecule has 0 bridgehead atoms. The maximum atomic E-state index is 12.1. The molecule has 1 spiro atoms.